The van der Waals surface area contributed by atoms with Crippen molar-refractivity contribution in [2.45, 2.75) is 57.4 Å². The number of alkyl halides is 3. The number of sulfone groups is 1. The molecule has 1 aliphatic rings. The van der Waals surface area contributed by atoms with E-state index in [1.807, 2.05) is 6.07 Å². The second-order valence-corrected chi connectivity index (χ2v) is 10.4. The van der Waals surface area contributed by atoms with Crippen LogP contribution in [0.4, 0.5) is 13.2 Å². The monoisotopic (exact) mass is 445 g/mol. The lowest BCUT2D eigenvalue weighted by Crippen LogP contribution is -2.54. The summed E-state index contributed by atoms with van der Waals surface area (Å²) in [6.45, 7) is 5.06. The minimum absolute atomic E-state index is 0.131. The molecule has 1 aromatic carbocycles. The van der Waals surface area contributed by atoms with Gasteiger partial charge in [0.1, 0.15) is 17.6 Å². The van der Waals surface area contributed by atoms with E-state index in [9.17, 15) is 31.6 Å². The van der Waals surface area contributed by atoms with Crippen LogP contribution in [0.15, 0.2) is 24.3 Å². The Morgan fingerprint density at radius 1 is 1.20 bits per heavy atom. The molecule has 2 rings (SSSR count). The number of amides is 1. The van der Waals surface area contributed by atoms with Crippen molar-refractivity contribution in [1.29, 1.82) is 5.26 Å². The molecule has 0 aromatic heterocycles. The van der Waals surface area contributed by atoms with Crippen LogP contribution in [0.25, 0.3) is 0 Å². The number of hydrogen-bond acceptors (Lipinski definition) is 5. The normalized spacial score (nSPS) is 17.8. The molecule has 2 N–H and O–H groups in total. The number of rotatable bonds is 9. The molecule has 1 saturated carbocycles. The number of halogens is 3. The van der Waals surface area contributed by atoms with Gasteiger partial charge in [-0.3, -0.25) is 10.1 Å². The van der Waals surface area contributed by atoms with E-state index in [1.165, 1.54) is 24.3 Å². The Kier molecular flexibility index (Phi) is 7.20. The van der Waals surface area contributed by atoms with Crippen molar-refractivity contribution in [2.75, 3.05) is 11.5 Å². The molecule has 1 amide bonds. The van der Waals surface area contributed by atoms with Gasteiger partial charge in [0.25, 0.3) is 0 Å². The molecule has 0 heterocycles. The first kappa shape index (κ1) is 24.2. The Morgan fingerprint density at radius 2 is 1.77 bits per heavy atom. The third-order valence-electron chi connectivity index (χ3n) is 4.76. The standard InChI is InChI=1S/C20H26F3N3O3S/c1-13(2)10-30(28,29)11-16(18(27)26-19(12-24)8-9-19)25-17(20(21,22)23)15-6-4-14(3)5-7-15/h4-7,13,16-17,25H,8-11H2,1-3H3,(H,26,27). The van der Waals surface area contributed by atoms with Gasteiger partial charge < -0.3 is 5.32 Å². The Hall–Kier alpha value is -2.12. The lowest BCUT2D eigenvalue weighted by atomic mass is 10.0. The van der Waals surface area contributed by atoms with E-state index in [0.717, 1.165) is 5.56 Å². The third kappa shape index (κ3) is 6.71. The van der Waals surface area contributed by atoms with E-state index in [1.54, 1.807) is 20.8 Å². The Balaban J connectivity index is 2.34. The van der Waals surface area contributed by atoms with Gasteiger partial charge in [-0.2, -0.15) is 18.4 Å². The average molecular weight is 446 g/mol. The number of carbonyl (C=O) groups excluding carboxylic acids is 1. The molecule has 1 fully saturated rings. The Bertz CT molecular complexity index is 902. The van der Waals surface area contributed by atoms with Gasteiger partial charge in [0.05, 0.1) is 17.6 Å². The molecule has 166 valence electrons. The third-order valence-corrected chi connectivity index (χ3v) is 6.77. The van der Waals surface area contributed by atoms with E-state index in [0.29, 0.717) is 12.8 Å². The zero-order chi connectivity index (χ0) is 22.7. The molecule has 0 bridgehead atoms. The zero-order valence-corrected chi connectivity index (χ0v) is 17.9. The van der Waals surface area contributed by atoms with Gasteiger partial charge in [0, 0.05) is 0 Å². The van der Waals surface area contributed by atoms with E-state index in [-0.39, 0.29) is 17.2 Å². The van der Waals surface area contributed by atoms with Crippen LogP contribution in [-0.2, 0) is 14.6 Å². The van der Waals surface area contributed by atoms with Crippen LogP contribution < -0.4 is 10.6 Å². The molecule has 10 heteroatoms. The second kappa shape index (κ2) is 8.94. The van der Waals surface area contributed by atoms with Crippen LogP contribution in [-0.4, -0.2) is 43.6 Å². The number of nitriles is 1. The van der Waals surface area contributed by atoms with E-state index in [4.69, 9.17) is 0 Å². The molecule has 1 aromatic rings. The van der Waals surface area contributed by atoms with E-state index < -0.39 is 45.3 Å². The van der Waals surface area contributed by atoms with Crippen molar-refractivity contribution >= 4 is 15.7 Å². The highest BCUT2D eigenvalue weighted by molar-refractivity contribution is 7.91. The largest absolute Gasteiger partial charge is 0.407 e. The van der Waals surface area contributed by atoms with Crippen LogP contribution in [0.3, 0.4) is 0 Å². The molecule has 2 unspecified atom stereocenters. The predicted molar refractivity (Wildman–Crippen MR) is 106 cm³/mol. The fourth-order valence-electron chi connectivity index (χ4n) is 3.08. The molecular weight excluding hydrogens is 419 g/mol. The quantitative estimate of drug-likeness (QED) is 0.609. The molecule has 0 saturated heterocycles. The minimum atomic E-state index is -4.76. The number of nitrogens with zero attached hydrogens (tertiary/aromatic N) is 1. The summed E-state index contributed by atoms with van der Waals surface area (Å²) >= 11 is 0. The first-order valence-corrected chi connectivity index (χ1v) is 11.4. The smallest absolute Gasteiger partial charge is 0.336 e. The molecule has 0 aliphatic heterocycles. The zero-order valence-electron chi connectivity index (χ0n) is 17.1. The minimum Gasteiger partial charge on any atom is -0.336 e. The number of carbonyl (C=O) groups is 1. The van der Waals surface area contributed by atoms with Crippen LogP contribution >= 0.6 is 0 Å². The number of aryl methyl sites for hydroxylation is 1. The molecule has 30 heavy (non-hydrogen) atoms. The van der Waals surface area contributed by atoms with Crippen molar-refractivity contribution in [3.8, 4) is 6.07 Å². The average Bonchev–Trinajstić information content (AvgIpc) is 3.37. The summed E-state index contributed by atoms with van der Waals surface area (Å²) in [4.78, 5) is 12.7. The summed E-state index contributed by atoms with van der Waals surface area (Å²) < 4.78 is 66.3. The van der Waals surface area contributed by atoms with Crippen molar-refractivity contribution in [3.63, 3.8) is 0 Å². The molecular formula is C20H26F3N3O3S. The summed E-state index contributed by atoms with van der Waals surface area (Å²) in [5, 5.41) is 13.8. The summed E-state index contributed by atoms with van der Waals surface area (Å²) in [5.41, 5.74) is -0.497. The molecule has 0 radical (unpaired) electrons. The summed E-state index contributed by atoms with van der Waals surface area (Å²) in [6.07, 6.45) is -4.01. The van der Waals surface area contributed by atoms with Gasteiger partial charge in [0.2, 0.25) is 5.91 Å². The van der Waals surface area contributed by atoms with Crippen LogP contribution in [0, 0.1) is 24.2 Å². The molecule has 2 atom stereocenters. The number of nitrogens with one attached hydrogen (secondary N) is 2. The van der Waals surface area contributed by atoms with Crippen molar-refractivity contribution in [1.82, 2.24) is 10.6 Å². The highest BCUT2D eigenvalue weighted by Crippen LogP contribution is 2.35. The van der Waals surface area contributed by atoms with Crippen LogP contribution in [0.2, 0.25) is 0 Å². The summed E-state index contributed by atoms with van der Waals surface area (Å²) in [5.74, 6) is -2.23. The van der Waals surface area contributed by atoms with Gasteiger partial charge in [-0.25, -0.2) is 8.42 Å². The summed E-state index contributed by atoms with van der Waals surface area (Å²) in [6, 6.07) is 3.62. The van der Waals surface area contributed by atoms with Crippen molar-refractivity contribution in [2.24, 2.45) is 5.92 Å². The van der Waals surface area contributed by atoms with E-state index >= 15 is 0 Å². The van der Waals surface area contributed by atoms with Gasteiger partial charge in [0.15, 0.2) is 9.84 Å². The fraction of sp³-hybridized carbons (Fsp3) is 0.600. The highest BCUT2D eigenvalue weighted by atomic mass is 32.2. The topological polar surface area (TPSA) is 99.1 Å². The Morgan fingerprint density at radius 3 is 2.20 bits per heavy atom. The second-order valence-electron chi connectivity index (χ2n) is 8.26. The number of hydrogen-bond donors (Lipinski definition) is 2. The van der Waals surface area contributed by atoms with Crippen LogP contribution in [0.1, 0.15) is 43.9 Å². The maximum absolute atomic E-state index is 13.8. The molecule has 6 nitrogen and oxygen atoms in total. The lowest BCUT2D eigenvalue weighted by Gasteiger charge is -2.28. The first-order chi connectivity index (χ1) is 13.8. The maximum Gasteiger partial charge on any atom is 0.407 e. The molecule has 0 spiro atoms. The van der Waals surface area contributed by atoms with Crippen molar-refractivity contribution in [3.05, 3.63) is 35.4 Å². The first-order valence-electron chi connectivity index (χ1n) is 9.60. The summed E-state index contributed by atoms with van der Waals surface area (Å²) in [7, 11) is -3.82. The predicted octanol–water partition coefficient (Wildman–Crippen LogP) is 2.80. The Labute approximate surface area is 174 Å². The van der Waals surface area contributed by atoms with Gasteiger partial charge >= 0.3 is 6.18 Å². The highest BCUT2D eigenvalue weighted by Gasteiger charge is 2.48. The van der Waals surface area contributed by atoms with Gasteiger partial charge in [-0.05, 0) is 31.2 Å². The molecule has 1 aliphatic carbocycles. The van der Waals surface area contributed by atoms with E-state index in [2.05, 4.69) is 10.6 Å². The SMILES string of the molecule is Cc1ccc(C(NC(CS(=O)(=O)CC(C)C)C(=O)NC2(C#N)CC2)C(F)(F)F)cc1. The fourth-order valence-corrected chi connectivity index (χ4v) is 4.99. The lowest BCUT2D eigenvalue weighted by molar-refractivity contribution is -0.160. The maximum atomic E-state index is 13.8. The van der Waals surface area contributed by atoms with Gasteiger partial charge in [-0.15, -0.1) is 0 Å². The number of benzene rings is 1. The van der Waals surface area contributed by atoms with Gasteiger partial charge in [-0.1, -0.05) is 43.7 Å². The van der Waals surface area contributed by atoms with Crippen LogP contribution in [0.5, 0.6) is 0 Å². The van der Waals surface area contributed by atoms with Crippen molar-refractivity contribution < 1.29 is 26.4 Å².